The van der Waals surface area contributed by atoms with Crippen LogP contribution in [0.25, 0.3) is 0 Å². The summed E-state index contributed by atoms with van der Waals surface area (Å²) in [4.78, 5) is 10.3. The average Bonchev–Trinajstić information content (AvgIpc) is 2.43. The second-order valence-electron chi connectivity index (χ2n) is 5.54. The number of benzene rings is 1. The number of hydrogen-bond donors (Lipinski definition) is 2. The van der Waals surface area contributed by atoms with Crippen LogP contribution >= 0.6 is 28.3 Å². The predicted molar refractivity (Wildman–Crippen MR) is 93.3 cm³/mol. The minimum Gasteiger partial charge on any atom is -0.328 e. The van der Waals surface area contributed by atoms with Crippen LogP contribution in [-0.2, 0) is 10.0 Å². The van der Waals surface area contributed by atoms with Gasteiger partial charge in [-0.2, -0.15) is 0 Å². The zero-order valence-electron chi connectivity index (χ0n) is 12.5. The molecule has 0 saturated heterocycles. The third-order valence-electron chi connectivity index (χ3n) is 3.89. The van der Waals surface area contributed by atoms with Crippen LogP contribution in [0.4, 0.5) is 5.69 Å². The van der Waals surface area contributed by atoms with Crippen molar-refractivity contribution in [1.29, 1.82) is 0 Å². The van der Waals surface area contributed by atoms with Gasteiger partial charge in [0.25, 0.3) is 5.69 Å². The van der Waals surface area contributed by atoms with Crippen molar-refractivity contribution >= 4 is 44.0 Å². The van der Waals surface area contributed by atoms with Crippen molar-refractivity contribution in [2.75, 3.05) is 0 Å². The van der Waals surface area contributed by atoms with E-state index in [-0.39, 0.29) is 35.1 Å². The van der Waals surface area contributed by atoms with E-state index in [0.29, 0.717) is 22.9 Å². The smallest absolute Gasteiger partial charge is 0.274 e. The Bertz CT molecular complexity index is 691. The third-order valence-corrected chi connectivity index (χ3v) is 6.21. The molecule has 2 rings (SSSR count). The molecular formula is C13H19BrClN3O4S. The molecule has 1 aromatic rings. The molecule has 0 bridgehead atoms. The molecule has 0 heterocycles. The molecule has 0 unspecified atom stereocenters. The third kappa shape index (κ3) is 4.87. The Kier molecular flexibility index (Phi) is 6.96. The maximum atomic E-state index is 12.4. The zero-order chi connectivity index (χ0) is 16.5. The van der Waals surface area contributed by atoms with Gasteiger partial charge in [-0.1, -0.05) is 15.9 Å². The lowest BCUT2D eigenvalue weighted by molar-refractivity contribution is -0.385. The molecule has 0 aliphatic heterocycles. The van der Waals surface area contributed by atoms with E-state index >= 15 is 0 Å². The number of hydrogen-bond acceptors (Lipinski definition) is 5. The number of sulfonamides is 1. The molecule has 7 nitrogen and oxygen atoms in total. The van der Waals surface area contributed by atoms with Crippen LogP contribution in [0.1, 0.15) is 31.2 Å². The van der Waals surface area contributed by atoms with Gasteiger partial charge < -0.3 is 5.73 Å². The molecule has 1 fully saturated rings. The fourth-order valence-corrected chi connectivity index (χ4v) is 4.46. The van der Waals surface area contributed by atoms with Crippen molar-refractivity contribution in [3.8, 4) is 0 Å². The minimum atomic E-state index is -3.80. The standard InChI is InChI=1S/C13H18BrN3O4S.ClH/c1-8-12(14)6-11(7-13(8)17(18)19)22(20,21)16-10-4-2-9(15)3-5-10;/h6-7,9-10,16H,2-5,15H2,1H3;1H. The number of rotatable bonds is 4. The van der Waals surface area contributed by atoms with Gasteiger partial charge in [0.05, 0.1) is 9.82 Å². The SMILES string of the molecule is Cc1c(Br)cc(S(=O)(=O)NC2CCC(N)CC2)cc1[N+](=O)[O-].Cl. The van der Waals surface area contributed by atoms with Crippen molar-refractivity contribution in [2.24, 2.45) is 5.73 Å². The molecule has 0 radical (unpaired) electrons. The van der Waals surface area contributed by atoms with Crippen LogP contribution in [0.3, 0.4) is 0 Å². The highest BCUT2D eigenvalue weighted by atomic mass is 79.9. The van der Waals surface area contributed by atoms with E-state index in [9.17, 15) is 18.5 Å². The van der Waals surface area contributed by atoms with Gasteiger partial charge in [-0.15, -0.1) is 12.4 Å². The summed E-state index contributed by atoms with van der Waals surface area (Å²) in [5.74, 6) is 0. The topological polar surface area (TPSA) is 115 Å². The van der Waals surface area contributed by atoms with E-state index in [4.69, 9.17) is 5.73 Å². The van der Waals surface area contributed by atoms with Gasteiger partial charge in [0, 0.05) is 28.2 Å². The highest BCUT2D eigenvalue weighted by molar-refractivity contribution is 9.10. The van der Waals surface area contributed by atoms with Crippen molar-refractivity contribution < 1.29 is 13.3 Å². The molecule has 1 aromatic carbocycles. The Hall–Kier alpha value is -0.740. The molecule has 3 N–H and O–H groups in total. The largest absolute Gasteiger partial charge is 0.328 e. The van der Waals surface area contributed by atoms with Crippen molar-refractivity contribution in [2.45, 2.75) is 49.6 Å². The van der Waals surface area contributed by atoms with Gasteiger partial charge in [0.15, 0.2) is 0 Å². The van der Waals surface area contributed by atoms with Gasteiger partial charge >= 0.3 is 0 Å². The van der Waals surface area contributed by atoms with E-state index in [1.54, 1.807) is 6.92 Å². The lowest BCUT2D eigenvalue weighted by atomic mass is 9.93. The molecule has 0 atom stereocenters. The summed E-state index contributed by atoms with van der Waals surface area (Å²) in [7, 11) is -3.80. The molecule has 0 amide bonds. The summed E-state index contributed by atoms with van der Waals surface area (Å²) in [5.41, 5.74) is 5.98. The molecule has 0 spiro atoms. The van der Waals surface area contributed by atoms with Crippen LogP contribution in [0.15, 0.2) is 21.5 Å². The van der Waals surface area contributed by atoms with E-state index < -0.39 is 14.9 Å². The van der Waals surface area contributed by atoms with E-state index in [0.717, 1.165) is 18.9 Å². The first-order chi connectivity index (χ1) is 10.2. The van der Waals surface area contributed by atoms with Crippen molar-refractivity contribution in [1.82, 2.24) is 4.72 Å². The number of nitrogens with two attached hydrogens (primary N) is 1. The minimum absolute atomic E-state index is 0. The molecule has 1 aliphatic carbocycles. The Balaban J connectivity index is 0.00000264. The van der Waals surface area contributed by atoms with Crippen LogP contribution in [0.5, 0.6) is 0 Å². The summed E-state index contributed by atoms with van der Waals surface area (Å²) in [6.45, 7) is 1.56. The lowest BCUT2D eigenvalue weighted by Crippen LogP contribution is -2.40. The summed E-state index contributed by atoms with van der Waals surface area (Å²) >= 11 is 3.18. The Labute approximate surface area is 149 Å². The van der Waals surface area contributed by atoms with Gasteiger partial charge in [-0.05, 0) is 38.7 Å². The number of halogens is 2. The number of nitro benzene ring substituents is 1. The van der Waals surface area contributed by atoms with Gasteiger partial charge in [-0.3, -0.25) is 10.1 Å². The number of nitro groups is 1. The average molecular weight is 429 g/mol. The van der Waals surface area contributed by atoms with Crippen LogP contribution in [-0.4, -0.2) is 25.4 Å². The molecule has 23 heavy (non-hydrogen) atoms. The van der Waals surface area contributed by atoms with Crippen molar-refractivity contribution in [3.63, 3.8) is 0 Å². The first kappa shape index (κ1) is 20.3. The maximum Gasteiger partial charge on any atom is 0.274 e. The first-order valence-electron chi connectivity index (χ1n) is 6.93. The normalized spacial score (nSPS) is 21.5. The Morgan fingerprint density at radius 1 is 1.30 bits per heavy atom. The molecule has 1 saturated carbocycles. The zero-order valence-corrected chi connectivity index (χ0v) is 15.7. The second-order valence-corrected chi connectivity index (χ2v) is 8.11. The van der Waals surface area contributed by atoms with Crippen LogP contribution < -0.4 is 10.5 Å². The van der Waals surface area contributed by atoms with E-state index in [1.165, 1.54) is 6.07 Å². The van der Waals surface area contributed by atoms with E-state index in [2.05, 4.69) is 20.7 Å². The Morgan fingerprint density at radius 3 is 2.39 bits per heavy atom. The summed E-state index contributed by atoms with van der Waals surface area (Å²) in [6, 6.07) is 2.43. The highest BCUT2D eigenvalue weighted by Crippen LogP contribution is 2.30. The van der Waals surface area contributed by atoms with Gasteiger partial charge in [-0.25, -0.2) is 13.1 Å². The van der Waals surface area contributed by atoms with Crippen LogP contribution in [0.2, 0.25) is 0 Å². The van der Waals surface area contributed by atoms with Crippen LogP contribution in [0, 0.1) is 17.0 Å². The quantitative estimate of drug-likeness (QED) is 0.565. The lowest BCUT2D eigenvalue weighted by Gasteiger charge is -2.26. The first-order valence-corrected chi connectivity index (χ1v) is 9.21. The molecule has 1 aliphatic rings. The van der Waals surface area contributed by atoms with Crippen molar-refractivity contribution in [3.05, 3.63) is 32.3 Å². The van der Waals surface area contributed by atoms with E-state index in [1.807, 2.05) is 0 Å². The summed E-state index contributed by atoms with van der Waals surface area (Å²) in [6.07, 6.45) is 2.89. The second kappa shape index (κ2) is 7.89. The van der Waals surface area contributed by atoms with Gasteiger partial charge in [0.2, 0.25) is 10.0 Å². The fraction of sp³-hybridized carbons (Fsp3) is 0.538. The maximum absolute atomic E-state index is 12.4. The fourth-order valence-electron chi connectivity index (χ4n) is 2.51. The van der Waals surface area contributed by atoms with Gasteiger partial charge in [0.1, 0.15) is 0 Å². The molecular weight excluding hydrogens is 410 g/mol. The number of nitrogens with zero attached hydrogens (tertiary/aromatic N) is 1. The summed E-state index contributed by atoms with van der Waals surface area (Å²) < 4.78 is 27.9. The Morgan fingerprint density at radius 2 is 1.87 bits per heavy atom. The molecule has 10 heteroatoms. The highest BCUT2D eigenvalue weighted by Gasteiger charge is 2.27. The monoisotopic (exact) mass is 427 g/mol. The molecule has 0 aromatic heterocycles. The number of nitrogens with one attached hydrogen (secondary N) is 1. The summed E-state index contributed by atoms with van der Waals surface area (Å²) in [5, 5.41) is 11.0. The molecule has 130 valence electrons. The predicted octanol–water partition coefficient (Wildman–Crippen LogP) is 2.64.